The number of piperidine rings is 1. The van der Waals surface area contributed by atoms with Crippen molar-refractivity contribution in [3.8, 4) is 0 Å². The molecule has 0 atom stereocenters. The number of nitrogens with zero attached hydrogens (tertiary/aromatic N) is 4. The highest BCUT2D eigenvalue weighted by Gasteiger charge is 2.14. The van der Waals surface area contributed by atoms with Crippen molar-refractivity contribution in [3.63, 3.8) is 0 Å². The van der Waals surface area contributed by atoms with E-state index in [1.165, 1.54) is 19.3 Å². The van der Waals surface area contributed by atoms with Crippen LogP contribution in [-0.2, 0) is 0 Å². The Balaban J connectivity index is 1.77. The summed E-state index contributed by atoms with van der Waals surface area (Å²) in [6.07, 6.45) is 5.19. The van der Waals surface area contributed by atoms with Gasteiger partial charge < -0.3 is 10.2 Å². The number of anilines is 3. The fourth-order valence-corrected chi connectivity index (χ4v) is 2.55. The van der Waals surface area contributed by atoms with Crippen LogP contribution in [0.25, 0.3) is 0 Å². The van der Waals surface area contributed by atoms with E-state index in [4.69, 9.17) is 0 Å². The lowest BCUT2D eigenvalue weighted by atomic mass is 10.1. The summed E-state index contributed by atoms with van der Waals surface area (Å²) in [5.74, 6) is 1.34. The maximum Gasteiger partial charge on any atom is 0.247 e. The highest BCUT2D eigenvalue weighted by molar-refractivity contribution is 5.95. The molecule has 0 unspecified atom stereocenters. The molecule has 3 rings (SSSR count). The first-order valence-corrected chi connectivity index (χ1v) is 7.55. The van der Waals surface area contributed by atoms with Gasteiger partial charge in [-0.15, -0.1) is 5.10 Å². The van der Waals surface area contributed by atoms with Crippen molar-refractivity contribution in [2.24, 2.45) is 0 Å². The quantitative estimate of drug-likeness (QED) is 0.875. The zero-order valence-electron chi connectivity index (χ0n) is 12.6. The van der Waals surface area contributed by atoms with Crippen molar-refractivity contribution in [3.05, 3.63) is 36.0 Å². The Morgan fingerprint density at radius 1 is 1.23 bits per heavy atom. The fraction of sp³-hybridized carbons (Fsp3) is 0.375. The average molecular weight is 297 g/mol. The van der Waals surface area contributed by atoms with E-state index < -0.39 is 0 Å². The largest absolute Gasteiger partial charge is 0.339 e. The Kier molecular flexibility index (Phi) is 4.27. The van der Waals surface area contributed by atoms with Gasteiger partial charge in [-0.3, -0.25) is 4.79 Å². The van der Waals surface area contributed by atoms with Crippen LogP contribution >= 0.6 is 0 Å². The Hall–Kier alpha value is -2.50. The van der Waals surface area contributed by atoms with Crippen LogP contribution in [0.3, 0.4) is 0 Å². The second-order valence-electron chi connectivity index (χ2n) is 5.45. The molecule has 2 aromatic rings. The predicted molar refractivity (Wildman–Crippen MR) is 85.6 cm³/mol. The van der Waals surface area contributed by atoms with E-state index in [1.54, 1.807) is 19.2 Å². The van der Waals surface area contributed by atoms with Crippen LogP contribution < -0.4 is 10.2 Å². The minimum atomic E-state index is 0.0402. The summed E-state index contributed by atoms with van der Waals surface area (Å²) in [6.45, 7) is 3.51. The molecule has 1 aliphatic heterocycles. The second kappa shape index (κ2) is 6.51. The summed E-state index contributed by atoms with van der Waals surface area (Å²) in [6, 6.07) is 7.35. The highest BCUT2D eigenvalue weighted by atomic mass is 16.1. The molecular formula is C16H19N5O. The molecule has 1 N–H and O–H groups in total. The van der Waals surface area contributed by atoms with Gasteiger partial charge in [-0.2, -0.15) is 10.1 Å². The van der Waals surface area contributed by atoms with Crippen molar-refractivity contribution in [1.82, 2.24) is 15.2 Å². The lowest BCUT2D eigenvalue weighted by Crippen LogP contribution is -2.31. The third-order valence-corrected chi connectivity index (χ3v) is 3.73. The average Bonchev–Trinajstić information content (AvgIpc) is 2.56. The molecule has 0 spiro atoms. The molecule has 6 nitrogen and oxygen atoms in total. The minimum Gasteiger partial charge on any atom is -0.339 e. The third-order valence-electron chi connectivity index (χ3n) is 3.73. The molecule has 6 heteroatoms. The number of hydrogen-bond donors (Lipinski definition) is 1. The summed E-state index contributed by atoms with van der Waals surface area (Å²) in [7, 11) is 0. The van der Waals surface area contributed by atoms with Gasteiger partial charge in [0.1, 0.15) is 0 Å². The molecule has 1 aromatic heterocycles. The zero-order valence-corrected chi connectivity index (χ0v) is 12.6. The lowest BCUT2D eigenvalue weighted by molar-refractivity contribution is 0.101. The number of aromatic nitrogens is 3. The first kappa shape index (κ1) is 14.4. The monoisotopic (exact) mass is 297 g/mol. The molecule has 0 aliphatic carbocycles. The lowest BCUT2D eigenvalue weighted by Gasteiger charge is -2.26. The number of benzene rings is 1. The maximum absolute atomic E-state index is 11.4. The van der Waals surface area contributed by atoms with Crippen molar-refractivity contribution >= 4 is 23.2 Å². The number of nitrogens with one attached hydrogen (secondary N) is 1. The van der Waals surface area contributed by atoms with Crippen molar-refractivity contribution in [1.29, 1.82) is 0 Å². The summed E-state index contributed by atoms with van der Waals surface area (Å²) in [5.41, 5.74) is 1.49. The predicted octanol–water partition coefficient (Wildman–Crippen LogP) is 2.81. The molecule has 0 radical (unpaired) electrons. The highest BCUT2D eigenvalue weighted by Crippen LogP contribution is 2.19. The minimum absolute atomic E-state index is 0.0402. The smallest absolute Gasteiger partial charge is 0.247 e. The Bertz CT molecular complexity index is 667. The second-order valence-corrected chi connectivity index (χ2v) is 5.45. The van der Waals surface area contributed by atoms with Crippen LogP contribution in [0.2, 0.25) is 0 Å². The van der Waals surface area contributed by atoms with Gasteiger partial charge in [0.25, 0.3) is 0 Å². The number of Topliss-reactive ketones (excluding diaryl/α,β-unsaturated/α-hetero) is 1. The van der Waals surface area contributed by atoms with E-state index in [1.807, 2.05) is 18.2 Å². The summed E-state index contributed by atoms with van der Waals surface area (Å²) in [5, 5.41) is 11.3. The number of ketones is 1. The summed E-state index contributed by atoms with van der Waals surface area (Å²) >= 11 is 0. The topological polar surface area (TPSA) is 71.0 Å². The van der Waals surface area contributed by atoms with E-state index >= 15 is 0 Å². The van der Waals surface area contributed by atoms with Crippen LogP contribution in [0.5, 0.6) is 0 Å². The molecule has 2 heterocycles. The first-order chi connectivity index (χ1) is 10.7. The van der Waals surface area contributed by atoms with E-state index in [9.17, 15) is 4.79 Å². The van der Waals surface area contributed by atoms with Crippen LogP contribution in [0, 0.1) is 0 Å². The van der Waals surface area contributed by atoms with Gasteiger partial charge in [0.2, 0.25) is 5.95 Å². The molecule has 0 saturated carbocycles. The van der Waals surface area contributed by atoms with Crippen LogP contribution in [0.4, 0.5) is 17.5 Å². The fourth-order valence-electron chi connectivity index (χ4n) is 2.55. The molecule has 22 heavy (non-hydrogen) atoms. The van der Waals surface area contributed by atoms with Crippen LogP contribution in [-0.4, -0.2) is 34.1 Å². The van der Waals surface area contributed by atoms with E-state index in [-0.39, 0.29) is 5.78 Å². The van der Waals surface area contributed by atoms with Gasteiger partial charge in [-0.1, -0.05) is 12.1 Å². The Morgan fingerprint density at radius 2 is 2.05 bits per heavy atom. The molecule has 114 valence electrons. The van der Waals surface area contributed by atoms with Crippen molar-refractivity contribution < 1.29 is 4.79 Å². The molecule has 0 amide bonds. The standard InChI is InChI=1S/C16H19N5O/c1-12(22)13-6-5-7-14(10-13)18-15-11-17-20-16(19-15)21-8-3-2-4-9-21/h5-7,10-11H,2-4,8-9H2,1H3,(H,18,19,20). The molecule has 1 aliphatic rings. The maximum atomic E-state index is 11.4. The molecule has 0 bridgehead atoms. The molecule has 1 aromatic carbocycles. The molecule has 1 fully saturated rings. The van der Waals surface area contributed by atoms with Crippen LogP contribution in [0.1, 0.15) is 36.5 Å². The van der Waals surface area contributed by atoms with Crippen molar-refractivity contribution in [2.45, 2.75) is 26.2 Å². The van der Waals surface area contributed by atoms with Crippen molar-refractivity contribution in [2.75, 3.05) is 23.3 Å². The number of hydrogen-bond acceptors (Lipinski definition) is 6. The summed E-state index contributed by atoms with van der Waals surface area (Å²) in [4.78, 5) is 18.1. The number of carbonyl (C=O) groups excluding carboxylic acids is 1. The number of carbonyl (C=O) groups is 1. The summed E-state index contributed by atoms with van der Waals surface area (Å²) < 4.78 is 0. The van der Waals surface area contributed by atoms with E-state index in [2.05, 4.69) is 25.4 Å². The van der Waals surface area contributed by atoms with Gasteiger partial charge in [0.15, 0.2) is 11.6 Å². The van der Waals surface area contributed by atoms with Gasteiger partial charge in [0, 0.05) is 24.3 Å². The van der Waals surface area contributed by atoms with E-state index in [0.29, 0.717) is 17.3 Å². The van der Waals surface area contributed by atoms with Gasteiger partial charge in [0.05, 0.1) is 6.20 Å². The van der Waals surface area contributed by atoms with Crippen LogP contribution in [0.15, 0.2) is 30.5 Å². The Labute approximate surface area is 129 Å². The third kappa shape index (κ3) is 3.39. The normalized spacial score (nSPS) is 14.7. The molecular weight excluding hydrogens is 278 g/mol. The zero-order chi connectivity index (χ0) is 15.4. The van der Waals surface area contributed by atoms with Gasteiger partial charge in [-0.25, -0.2) is 0 Å². The first-order valence-electron chi connectivity index (χ1n) is 7.55. The van der Waals surface area contributed by atoms with Gasteiger partial charge >= 0.3 is 0 Å². The number of rotatable bonds is 4. The Morgan fingerprint density at radius 3 is 2.82 bits per heavy atom. The molecule has 1 saturated heterocycles. The van der Waals surface area contributed by atoms with E-state index in [0.717, 1.165) is 18.8 Å². The SMILES string of the molecule is CC(=O)c1cccc(Nc2cnnc(N3CCCCC3)n2)c1. The van der Waals surface area contributed by atoms with Gasteiger partial charge in [-0.05, 0) is 38.3 Å².